The Hall–Kier alpha value is -3.39. The number of rotatable bonds is 4. The van der Waals surface area contributed by atoms with Crippen molar-refractivity contribution in [3.8, 4) is 39.3 Å². The Kier molecular flexibility index (Phi) is 4.50. The van der Waals surface area contributed by atoms with Crippen LogP contribution in [0.1, 0.15) is 31.1 Å². The van der Waals surface area contributed by atoms with Gasteiger partial charge in [0.2, 0.25) is 5.88 Å². The summed E-state index contributed by atoms with van der Waals surface area (Å²) in [5, 5.41) is 27.1. The second-order valence-electron chi connectivity index (χ2n) is 7.58. The smallest absolute Gasteiger partial charge is 0.241 e. The van der Waals surface area contributed by atoms with Crippen LogP contribution < -0.4 is 0 Å². The van der Waals surface area contributed by atoms with Crippen molar-refractivity contribution in [2.24, 2.45) is 5.41 Å². The van der Waals surface area contributed by atoms with Gasteiger partial charge in [0, 0.05) is 23.2 Å². The van der Waals surface area contributed by atoms with E-state index in [1.54, 1.807) is 45.2 Å². The minimum absolute atomic E-state index is 0.0832. The van der Waals surface area contributed by atoms with E-state index in [4.69, 9.17) is 4.52 Å². The summed E-state index contributed by atoms with van der Waals surface area (Å²) >= 11 is 1.40. The molecule has 0 amide bonds. The number of thiophene rings is 1. The zero-order chi connectivity index (χ0) is 20.8. The van der Waals surface area contributed by atoms with Gasteiger partial charge < -0.3 is 14.7 Å². The van der Waals surface area contributed by atoms with Gasteiger partial charge in [-0.25, -0.2) is 4.98 Å². The number of carbonyl (C=O) groups excluding carboxylic acids is 1. The van der Waals surface area contributed by atoms with Crippen molar-refractivity contribution in [1.29, 1.82) is 0 Å². The molecule has 0 unspecified atom stereocenters. The van der Waals surface area contributed by atoms with Gasteiger partial charge >= 0.3 is 0 Å². The summed E-state index contributed by atoms with van der Waals surface area (Å²) in [6, 6.07) is 8.86. The first kappa shape index (κ1) is 18.9. The molecule has 4 aromatic heterocycles. The second kappa shape index (κ2) is 6.89. The van der Waals surface area contributed by atoms with Crippen molar-refractivity contribution in [1.82, 2.24) is 14.7 Å². The predicted octanol–water partition coefficient (Wildman–Crippen LogP) is 4.90. The predicted molar refractivity (Wildman–Crippen MR) is 109 cm³/mol. The standard InChI is InChI=1S/C21H19N3O4S/c1-21(2,3)19(26)16-17(14-5-4-10-29-14)24(20(27)18(16)25)15-7-6-12(11-22-15)13-8-9-28-23-13/h4-11,25,27H,1-3H3. The fourth-order valence-corrected chi connectivity index (χ4v) is 3.80. The molecule has 8 heteroatoms. The third-order valence-electron chi connectivity index (χ3n) is 4.49. The summed E-state index contributed by atoms with van der Waals surface area (Å²) in [7, 11) is 0. The van der Waals surface area contributed by atoms with Crippen LogP contribution in [-0.4, -0.2) is 30.7 Å². The lowest BCUT2D eigenvalue weighted by Gasteiger charge is -2.17. The molecule has 0 radical (unpaired) electrons. The third-order valence-corrected chi connectivity index (χ3v) is 5.37. The Labute approximate surface area is 170 Å². The van der Waals surface area contributed by atoms with E-state index in [9.17, 15) is 15.0 Å². The number of pyridine rings is 1. The average Bonchev–Trinajstić information content (AvgIpc) is 3.43. The van der Waals surface area contributed by atoms with Crippen molar-refractivity contribution in [3.05, 3.63) is 53.7 Å². The fraction of sp³-hybridized carbons (Fsp3) is 0.190. The SMILES string of the molecule is CC(C)(C)C(=O)c1c(O)c(O)n(-c2ccc(-c3ccon3)cn2)c1-c1cccs1. The normalized spacial score (nSPS) is 11.7. The summed E-state index contributed by atoms with van der Waals surface area (Å²) in [5.74, 6) is -0.786. The average molecular weight is 409 g/mol. The van der Waals surface area contributed by atoms with Crippen molar-refractivity contribution in [3.63, 3.8) is 0 Å². The molecule has 0 aromatic carbocycles. The van der Waals surface area contributed by atoms with E-state index in [-0.39, 0.29) is 11.3 Å². The summed E-state index contributed by atoms with van der Waals surface area (Å²) in [6.45, 7) is 5.31. The van der Waals surface area contributed by atoms with Crippen molar-refractivity contribution in [2.45, 2.75) is 20.8 Å². The zero-order valence-corrected chi connectivity index (χ0v) is 16.9. The topological polar surface area (TPSA) is 101 Å². The van der Waals surface area contributed by atoms with E-state index in [1.807, 2.05) is 17.5 Å². The maximum atomic E-state index is 13.1. The Bertz CT molecular complexity index is 1150. The van der Waals surface area contributed by atoms with E-state index in [2.05, 4.69) is 10.1 Å². The van der Waals surface area contributed by atoms with Crippen LogP contribution in [0.3, 0.4) is 0 Å². The molecule has 4 rings (SSSR count). The lowest BCUT2D eigenvalue weighted by atomic mass is 9.86. The molecule has 4 heterocycles. The summed E-state index contributed by atoms with van der Waals surface area (Å²) < 4.78 is 6.25. The van der Waals surface area contributed by atoms with Crippen molar-refractivity contribution < 1.29 is 19.5 Å². The number of ketones is 1. The van der Waals surface area contributed by atoms with Crippen molar-refractivity contribution in [2.75, 3.05) is 0 Å². The lowest BCUT2D eigenvalue weighted by molar-refractivity contribution is 0.0856. The minimum Gasteiger partial charge on any atom is -0.503 e. The molecule has 0 bridgehead atoms. The van der Waals surface area contributed by atoms with Gasteiger partial charge in [0.15, 0.2) is 11.5 Å². The lowest BCUT2D eigenvalue weighted by Crippen LogP contribution is -2.20. The molecular weight excluding hydrogens is 390 g/mol. The van der Waals surface area contributed by atoms with E-state index in [0.29, 0.717) is 17.2 Å². The molecule has 0 aliphatic heterocycles. The molecule has 4 aromatic rings. The monoisotopic (exact) mass is 409 g/mol. The molecule has 0 saturated carbocycles. The molecule has 0 fully saturated rings. The summed E-state index contributed by atoms with van der Waals surface area (Å²) in [4.78, 5) is 18.2. The maximum Gasteiger partial charge on any atom is 0.241 e. The molecule has 0 spiro atoms. The highest BCUT2D eigenvalue weighted by Crippen LogP contribution is 2.46. The fourth-order valence-electron chi connectivity index (χ4n) is 3.04. The number of aromatic nitrogens is 3. The van der Waals surface area contributed by atoms with Crippen LogP contribution in [0, 0.1) is 5.41 Å². The van der Waals surface area contributed by atoms with Crippen molar-refractivity contribution >= 4 is 17.1 Å². The van der Waals surface area contributed by atoms with E-state index in [1.165, 1.54) is 22.2 Å². The Balaban J connectivity index is 1.93. The number of carbonyl (C=O) groups is 1. The molecule has 2 N–H and O–H groups in total. The van der Waals surface area contributed by atoms with E-state index in [0.717, 1.165) is 10.4 Å². The van der Waals surface area contributed by atoms with E-state index < -0.39 is 17.0 Å². The first-order valence-corrected chi connectivity index (χ1v) is 9.79. The number of hydrogen-bond acceptors (Lipinski definition) is 7. The van der Waals surface area contributed by atoms with Crippen LogP contribution in [0.15, 0.2) is 52.7 Å². The van der Waals surface area contributed by atoms with Gasteiger partial charge in [-0.3, -0.25) is 9.36 Å². The van der Waals surface area contributed by atoms with Crippen LogP contribution >= 0.6 is 11.3 Å². The van der Waals surface area contributed by atoms with Crippen LogP contribution in [-0.2, 0) is 0 Å². The van der Waals surface area contributed by atoms with Gasteiger partial charge in [0.1, 0.15) is 17.8 Å². The Morgan fingerprint density at radius 3 is 2.52 bits per heavy atom. The molecular formula is C21H19N3O4S. The number of Topliss-reactive ketones (excluding diaryl/α,β-unsaturated/α-hetero) is 1. The van der Waals surface area contributed by atoms with Gasteiger partial charge in [-0.15, -0.1) is 11.3 Å². The second-order valence-corrected chi connectivity index (χ2v) is 8.53. The maximum absolute atomic E-state index is 13.1. The number of aromatic hydroxyl groups is 2. The molecule has 148 valence electrons. The largest absolute Gasteiger partial charge is 0.503 e. The summed E-state index contributed by atoms with van der Waals surface area (Å²) in [6.07, 6.45) is 3.06. The summed E-state index contributed by atoms with van der Waals surface area (Å²) in [5.41, 5.74) is 1.12. The highest BCUT2D eigenvalue weighted by Gasteiger charge is 2.35. The van der Waals surface area contributed by atoms with E-state index >= 15 is 0 Å². The highest BCUT2D eigenvalue weighted by molar-refractivity contribution is 7.13. The number of nitrogens with zero attached hydrogens (tertiary/aromatic N) is 3. The first-order valence-electron chi connectivity index (χ1n) is 8.91. The van der Waals surface area contributed by atoms with Crippen LogP contribution in [0.4, 0.5) is 0 Å². The number of hydrogen-bond donors (Lipinski definition) is 2. The van der Waals surface area contributed by atoms with Crippen LogP contribution in [0.5, 0.6) is 11.6 Å². The molecule has 0 aliphatic rings. The molecule has 29 heavy (non-hydrogen) atoms. The minimum atomic E-state index is -0.744. The molecule has 0 saturated heterocycles. The van der Waals surface area contributed by atoms with Crippen LogP contribution in [0.2, 0.25) is 0 Å². The molecule has 0 aliphatic carbocycles. The first-order chi connectivity index (χ1) is 13.8. The van der Waals surface area contributed by atoms with Gasteiger partial charge in [-0.05, 0) is 23.6 Å². The highest BCUT2D eigenvalue weighted by atomic mass is 32.1. The molecule has 0 atom stereocenters. The third kappa shape index (κ3) is 3.21. The van der Waals surface area contributed by atoms with Gasteiger partial charge in [0.05, 0.1) is 16.1 Å². The molecule has 7 nitrogen and oxygen atoms in total. The van der Waals surface area contributed by atoms with Gasteiger partial charge in [-0.2, -0.15) is 0 Å². The Morgan fingerprint density at radius 2 is 1.97 bits per heavy atom. The Morgan fingerprint density at radius 1 is 1.17 bits per heavy atom. The quantitative estimate of drug-likeness (QED) is 0.465. The van der Waals surface area contributed by atoms with Gasteiger partial charge in [0.25, 0.3) is 0 Å². The van der Waals surface area contributed by atoms with Gasteiger partial charge in [-0.1, -0.05) is 32.0 Å². The zero-order valence-electron chi connectivity index (χ0n) is 16.1. The van der Waals surface area contributed by atoms with Crippen LogP contribution in [0.25, 0.3) is 27.6 Å².